The molecule has 0 heterocycles. The molecular formula is C12H19N. The number of hydrogen-bond donors (Lipinski definition) is 1. The maximum absolute atomic E-state index is 5.33. The van der Waals surface area contributed by atoms with Crippen LogP contribution in [0.3, 0.4) is 0 Å². The third-order valence-electron chi connectivity index (χ3n) is 3.36. The molecule has 0 aliphatic heterocycles. The SMILES string of the molecule is C#CC(C)NCC(C1CC1)C1CC1. The summed E-state index contributed by atoms with van der Waals surface area (Å²) in [5.74, 6) is 5.73. The zero-order valence-corrected chi connectivity index (χ0v) is 8.42. The van der Waals surface area contributed by atoms with Crippen LogP contribution in [-0.4, -0.2) is 12.6 Å². The van der Waals surface area contributed by atoms with Crippen molar-refractivity contribution < 1.29 is 0 Å². The molecule has 13 heavy (non-hydrogen) atoms. The fourth-order valence-corrected chi connectivity index (χ4v) is 2.14. The Morgan fingerprint density at radius 2 is 1.85 bits per heavy atom. The lowest BCUT2D eigenvalue weighted by Gasteiger charge is -2.17. The molecule has 0 saturated heterocycles. The van der Waals surface area contributed by atoms with Gasteiger partial charge < -0.3 is 5.32 Å². The first kappa shape index (κ1) is 9.09. The largest absolute Gasteiger partial charge is 0.304 e. The Bertz CT molecular complexity index is 196. The van der Waals surface area contributed by atoms with E-state index in [0.717, 1.165) is 24.3 Å². The molecule has 1 heteroatoms. The van der Waals surface area contributed by atoms with E-state index < -0.39 is 0 Å². The second kappa shape index (κ2) is 3.72. The van der Waals surface area contributed by atoms with Gasteiger partial charge in [-0.15, -0.1) is 6.42 Å². The fraction of sp³-hybridized carbons (Fsp3) is 0.833. The minimum absolute atomic E-state index is 0.250. The Labute approximate surface area is 81.3 Å². The van der Waals surface area contributed by atoms with Gasteiger partial charge in [0, 0.05) is 0 Å². The highest BCUT2D eigenvalue weighted by atomic mass is 14.9. The van der Waals surface area contributed by atoms with Gasteiger partial charge in [-0.3, -0.25) is 0 Å². The first-order chi connectivity index (χ1) is 6.31. The molecule has 2 fully saturated rings. The van der Waals surface area contributed by atoms with Crippen molar-refractivity contribution in [3.63, 3.8) is 0 Å². The molecule has 0 radical (unpaired) electrons. The summed E-state index contributed by atoms with van der Waals surface area (Å²) in [6.07, 6.45) is 11.2. The summed E-state index contributed by atoms with van der Waals surface area (Å²) in [6.45, 7) is 3.22. The van der Waals surface area contributed by atoms with Crippen molar-refractivity contribution in [2.45, 2.75) is 38.6 Å². The van der Waals surface area contributed by atoms with E-state index in [0.29, 0.717) is 0 Å². The quantitative estimate of drug-likeness (QED) is 0.634. The van der Waals surface area contributed by atoms with Crippen LogP contribution in [0.4, 0.5) is 0 Å². The molecule has 0 spiro atoms. The Balaban J connectivity index is 1.73. The average Bonchev–Trinajstić information content (AvgIpc) is 2.98. The van der Waals surface area contributed by atoms with E-state index >= 15 is 0 Å². The molecule has 0 bridgehead atoms. The lowest BCUT2D eigenvalue weighted by Crippen LogP contribution is -2.31. The van der Waals surface area contributed by atoms with E-state index in [1.165, 1.54) is 25.7 Å². The van der Waals surface area contributed by atoms with Gasteiger partial charge in [-0.05, 0) is 56.9 Å². The Kier molecular flexibility index (Phi) is 2.60. The maximum Gasteiger partial charge on any atom is 0.0658 e. The van der Waals surface area contributed by atoms with Gasteiger partial charge >= 0.3 is 0 Å². The predicted octanol–water partition coefficient (Wildman–Crippen LogP) is 2.03. The van der Waals surface area contributed by atoms with Crippen molar-refractivity contribution in [1.82, 2.24) is 5.32 Å². The lowest BCUT2D eigenvalue weighted by molar-refractivity contribution is 0.373. The van der Waals surface area contributed by atoms with Crippen molar-refractivity contribution in [1.29, 1.82) is 0 Å². The van der Waals surface area contributed by atoms with Crippen LogP contribution in [-0.2, 0) is 0 Å². The van der Waals surface area contributed by atoms with Gasteiger partial charge in [0.15, 0.2) is 0 Å². The molecule has 1 nitrogen and oxygen atoms in total. The van der Waals surface area contributed by atoms with Gasteiger partial charge in [-0.1, -0.05) is 5.92 Å². The summed E-state index contributed by atoms with van der Waals surface area (Å²) in [5, 5.41) is 3.44. The summed E-state index contributed by atoms with van der Waals surface area (Å²) in [5.41, 5.74) is 0. The number of terminal acetylenes is 1. The van der Waals surface area contributed by atoms with Gasteiger partial charge in [0.1, 0.15) is 0 Å². The van der Waals surface area contributed by atoms with Crippen molar-refractivity contribution in [2.75, 3.05) is 6.54 Å². The maximum atomic E-state index is 5.33. The summed E-state index contributed by atoms with van der Waals surface area (Å²) in [6, 6.07) is 0.250. The summed E-state index contributed by atoms with van der Waals surface area (Å²) in [4.78, 5) is 0. The van der Waals surface area contributed by atoms with Crippen LogP contribution in [0.15, 0.2) is 0 Å². The van der Waals surface area contributed by atoms with Gasteiger partial charge in [0.05, 0.1) is 6.04 Å². The number of nitrogens with one attached hydrogen (secondary N) is 1. The number of rotatable bonds is 5. The van der Waals surface area contributed by atoms with E-state index in [1.54, 1.807) is 0 Å². The molecule has 1 unspecified atom stereocenters. The van der Waals surface area contributed by atoms with Gasteiger partial charge in [-0.2, -0.15) is 0 Å². The lowest BCUT2D eigenvalue weighted by atomic mass is 9.98. The predicted molar refractivity (Wildman–Crippen MR) is 55.2 cm³/mol. The topological polar surface area (TPSA) is 12.0 Å². The molecule has 1 N–H and O–H groups in total. The van der Waals surface area contributed by atoms with Crippen LogP contribution >= 0.6 is 0 Å². The highest BCUT2D eigenvalue weighted by Gasteiger charge is 2.40. The van der Waals surface area contributed by atoms with E-state index in [1.807, 2.05) is 0 Å². The molecule has 2 aliphatic rings. The first-order valence-electron chi connectivity index (χ1n) is 5.50. The molecule has 2 aliphatic carbocycles. The molecular weight excluding hydrogens is 158 g/mol. The minimum Gasteiger partial charge on any atom is -0.304 e. The van der Waals surface area contributed by atoms with Gasteiger partial charge in [-0.25, -0.2) is 0 Å². The molecule has 0 aromatic heterocycles. The second-order valence-electron chi connectivity index (χ2n) is 4.64. The normalized spacial score (nSPS) is 24.4. The van der Waals surface area contributed by atoms with Crippen molar-refractivity contribution >= 4 is 0 Å². The van der Waals surface area contributed by atoms with E-state index in [4.69, 9.17) is 6.42 Å². The van der Waals surface area contributed by atoms with E-state index in [-0.39, 0.29) is 6.04 Å². The Morgan fingerprint density at radius 3 is 2.23 bits per heavy atom. The van der Waals surface area contributed by atoms with Gasteiger partial charge in [0.2, 0.25) is 0 Å². The standard InChI is InChI=1S/C12H19N/c1-3-9(2)13-8-12(10-4-5-10)11-6-7-11/h1,9-13H,4-8H2,2H3. The van der Waals surface area contributed by atoms with Gasteiger partial charge in [0.25, 0.3) is 0 Å². The summed E-state index contributed by atoms with van der Waals surface area (Å²) in [7, 11) is 0. The zero-order chi connectivity index (χ0) is 9.26. The van der Waals surface area contributed by atoms with Crippen LogP contribution in [0, 0.1) is 30.1 Å². The van der Waals surface area contributed by atoms with Crippen LogP contribution in [0.1, 0.15) is 32.6 Å². The van der Waals surface area contributed by atoms with Crippen LogP contribution < -0.4 is 5.32 Å². The van der Waals surface area contributed by atoms with Crippen molar-refractivity contribution in [3.05, 3.63) is 0 Å². The van der Waals surface area contributed by atoms with Crippen LogP contribution in [0.25, 0.3) is 0 Å². The van der Waals surface area contributed by atoms with Crippen LogP contribution in [0.5, 0.6) is 0 Å². The minimum atomic E-state index is 0.250. The molecule has 0 aromatic carbocycles. The fourth-order valence-electron chi connectivity index (χ4n) is 2.14. The molecule has 0 aromatic rings. The highest BCUT2D eigenvalue weighted by Crippen LogP contribution is 2.48. The Hall–Kier alpha value is -0.480. The molecule has 0 amide bonds. The zero-order valence-electron chi connectivity index (χ0n) is 8.42. The van der Waals surface area contributed by atoms with Crippen molar-refractivity contribution in [3.8, 4) is 12.3 Å². The summed E-state index contributed by atoms with van der Waals surface area (Å²) < 4.78 is 0. The third-order valence-corrected chi connectivity index (χ3v) is 3.36. The monoisotopic (exact) mass is 177 g/mol. The number of hydrogen-bond acceptors (Lipinski definition) is 1. The molecule has 2 saturated carbocycles. The first-order valence-corrected chi connectivity index (χ1v) is 5.50. The van der Waals surface area contributed by atoms with E-state index in [9.17, 15) is 0 Å². The second-order valence-corrected chi connectivity index (χ2v) is 4.64. The molecule has 2 rings (SSSR count). The smallest absolute Gasteiger partial charge is 0.0658 e. The molecule has 1 atom stereocenters. The third kappa shape index (κ3) is 2.48. The van der Waals surface area contributed by atoms with Crippen molar-refractivity contribution in [2.24, 2.45) is 17.8 Å². The summed E-state index contributed by atoms with van der Waals surface area (Å²) >= 11 is 0. The highest BCUT2D eigenvalue weighted by molar-refractivity contribution is 4.98. The Morgan fingerprint density at radius 1 is 1.31 bits per heavy atom. The average molecular weight is 177 g/mol. The molecule has 72 valence electrons. The van der Waals surface area contributed by atoms with Crippen LogP contribution in [0.2, 0.25) is 0 Å². The van der Waals surface area contributed by atoms with E-state index in [2.05, 4.69) is 18.2 Å².